The van der Waals surface area contributed by atoms with Gasteiger partial charge in [0.15, 0.2) is 11.6 Å². The van der Waals surface area contributed by atoms with Gasteiger partial charge in [-0.1, -0.05) is 12.5 Å². The van der Waals surface area contributed by atoms with Crippen molar-refractivity contribution >= 4 is 45.5 Å². The van der Waals surface area contributed by atoms with Crippen molar-refractivity contribution in [3.05, 3.63) is 47.9 Å². The number of carbonyl (C=O) groups excluding carboxylic acids is 1. The van der Waals surface area contributed by atoms with Crippen LogP contribution < -0.4 is 22.1 Å². The van der Waals surface area contributed by atoms with Crippen LogP contribution >= 0.6 is 0 Å². The minimum Gasteiger partial charge on any atom is -0.386 e. The lowest BCUT2D eigenvalue weighted by Crippen LogP contribution is -2.33. The number of rotatable bonds is 5. The predicted molar refractivity (Wildman–Crippen MR) is 121 cm³/mol. The zero-order valence-electron chi connectivity index (χ0n) is 17.2. The third kappa shape index (κ3) is 4.31. The Morgan fingerprint density at radius 1 is 1.29 bits per heavy atom. The Morgan fingerprint density at radius 3 is 2.87 bits per heavy atom. The topological polar surface area (TPSA) is 131 Å². The lowest BCUT2D eigenvalue weighted by Gasteiger charge is -2.20. The second kappa shape index (κ2) is 8.65. The second-order valence-corrected chi connectivity index (χ2v) is 7.48. The van der Waals surface area contributed by atoms with Gasteiger partial charge in [-0.15, -0.1) is 0 Å². The molecule has 1 aromatic carbocycles. The largest absolute Gasteiger partial charge is 0.386 e. The Kier molecular flexibility index (Phi) is 5.77. The standard InChI is InChI=1S/C22H24FN7O/c1-26-18-10-13(9-12-5-4-8-27-19(12)18)28-21-14(20(25)31)11-15(23)22(30-21)29-17-7-3-2-6-16(17)24/h4-5,8-11,16,26H,2-3,6-7,24H2,1H3,(H2,25,31)(H,28,30). The summed E-state index contributed by atoms with van der Waals surface area (Å²) in [6.07, 6.45) is 5.20. The van der Waals surface area contributed by atoms with Crippen molar-refractivity contribution < 1.29 is 9.18 Å². The van der Waals surface area contributed by atoms with E-state index in [1.807, 2.05) is 24.3 Å². The fraction of sp³-hybridized carbons (Fsp3) is 0.273. The molecule has 0 bridgehead atoms. The Bertz CT molecular complexity index is 1180. The van der Waals surface area contributed by atoms with Crippen molar-refractivity contribution in [1.82, 2.24) is 9.97 Å². The number of aliphatic imine (C=N–C) groups is 1. The number of nitrogens with zero attached hydrogens (tertiary/aromatic N) is 3. The molecule has 160 valence electrons. The number of amides is 1. The number of pyridine rings is 2. The maximum atomic E-state index is 14.7. The molecule has 1 unspecified atom stereocenters. The van der Waals surface area contributed by atoms with E-state index in [-0.39, 0.29) is 23.2 Å². The summed E-state index contributed by atoms with van der Waals surface area (Å²) < 4.78 is 14.7. The summed E-state index contributed by atoms with van der Waals surface area (Å²) in [5, 5.41) is 7.08. The molecule has 2 aromatic heterocycles. The summed E-state index contributed by atoms with van der Waals surface area (Å²) in [4.78, 5) is 25.0. The van der Waals surface area contributed by atoms with E-state index in [0.717, 1.165) is 41.9 Å². The van der Waals surface area contributed by atoms with Crippen molar-refractivity contribution in [2.75, 3.05) is 17.7 Å². The molecule has 3 aromatic rings. The molecule has 0 saturated heterocycles. The van der Waals surface area contributed by atoms with Crippen molar-refractivity contribution in [2.24, 2.45) is 16.5 Å². The molecule has 1 amide bonds. The van der Waals surface area contributed by atoms with Crippen LogP contribution in [0.5, 0.6) is 0 Å². The monoisotopic (exact) mass is 421 g/mol. The van der Waals surface area contributed by atoms with E-state index >= 15 is 0 Å². The number of hydrogen-bond acceptors (Lipinski definition) is 7. The van der Waals surface area contributed by atoms with Crippen LogP contribution in [0.4, 0.5) is 27.4 Å². The lowest BCUT2D eigenvalue weighted by molar-refractivity contribution is 0.100. The minimum absolute atomic E-state index is 0.0633. The number of anilines is 3. The normalized spacial score (nSPS) is 17.6. The molecule has 1 aliphatic rings. The van der Waals surface area contributed by atoms with E-state index in [9.17, 15) is 9.18 Å². The number of benzene rings is 1. The molecule has 8 nitrogen and oxygen atoms in total. The van der Waals surface area contributed by atoms with Gasteiger partial charge in [-0.2, -0.15) is 0 Å². The first-order valence-corrected chi connectivity index (χ1v) is 10.1. The highest BCUT2D eigenvalue weighted by molar-refractivity contribution is 6.00. The highest BCUT2D eigenvalue weighted by Crippen LogP contribution is 2.31. The van der Waals surface area contributed by atoms with E-state index in [4.69, 9.17) is 11.5 Å². The zero-order chi connectivity index (χ0) is 22.0. The number of hydrogen-bond donors (Lipinski definition) is 4. The summed E-state index contributed by atoms with van der Waals surface area (Å²) in [6, 6.07) is 8.29. The van der Waals surface area contributed by atoms with Crippen LogP contribution in [0.25, 0.3) is 10.9 Å². The fourth-order valence-corrected chi connectivity index (χ4v) is 3.73. The first kappa shape index (κ1) is 20.7. The number of nitrogens with two attached hydrogens (primary N) is 2. The van der Waals surface area contributed by atoms with Gasteiger partial charge < -0.3 is 22.1 Å². The maximum absolute atomic E-state index is 14.7. The molecule has 0 radical (unpaired) electrons. The summed E-state index contributed by atoms with van der Waals surface area (Å²) >= 11 is 0. The van der Waals surface area contributed by atoms with Crippen LogP contribution in [0.3, 0.4) is 0 Å². The number of halogens is 1. The van der Waals surface area contributed by atoms with E-state index in [1.165, 1.54) is 0 Å². The molecule has 1 aliphatic carbocycles. The Labute approximate surface area is 179 Å². The van der Waals surface area contributed by atoms with E-state index in [2.05, 4.69) is 25.6 Å². The highest BCUT2D eigenvalue weighted by atomic mass is 19.1. The molecular weight excluding hydrogens is 397 g/mol. The average molecular weight is 421 g/mol. The van der Waals surface area contributed by atoms with Crippen LogP contribution in [0.2, 0.25) is 0 Å². The Balaban J connectivity index is 1.77. The van der Waals surface area contributed by atoms with Crippen LogP contribution in [0.15, 0.2) is 41.5 Å². The number of primary amides is 1. The molecule has 6 N–H and O–H groups in total. The van der Waals surface area contributed by atoms with Gasteiger partial charge in [0.25, 0.3) is 5.91 Å². The maximum Gasteiger partial charge on any atom is 0.252 e. The first-order valence-electron chi connectivity index (χ1n) is 10.1. The predicted octanol–water partition coefficient (Wildman–Crippen LogP) is 3.63. The molecule has 1 saturated carbocycles. The molecule has 0 aliphatic heterocycles. The van der Waals surface area contributed by atoms with Gasteiger partial charge in [-0.25, -0.2) is 14.4 Å². The Hall–Kier alpha value is -3.59. The van der Waals surface area contributed by atoms with Crippen LogP contribution in [-0.4, -0.2) is 34.7 Å². The third-order valence-corrected chi connectivity index (χ3v) is 5.34. The SMILES string of the molecule is CNc1cc(Nc2nc(N=C3CCCCC3N)c(F)cc2C(N)=O)cc2cccnc12. The molecule has 0 spiro atoms. The van der Waals surface area contributed by atoms with Crippen LogP contribution in [-0.2, 0) is 0 Å². The quantitative estimate of drug-likeness (QED) is 0.497. The van der Waals surface area contributed by atoms with Crippen molar-refractivity contribution in [3.63, 3.8) is 0 Å². The minimum atomic E-state index is -0.793. The van der Waals surface area contributed by atoms with Crippen molar-refractivity contribution in [1.29, 1.82) is 0 Å². The number of carbonyl (C=O) groups is 1. The fourth-order valence-electron chi connectivity index (χ4n) is 3.73. The molecular formula is C22H24FN7O. The van der Waals surface area contributed by atoms with Crippen LogP contribution in [0, 0.1) is 5.82 Å². The van der Waals surface area contributed by atoms with Gasteiger partial charge in [0.05, 0.1) is 16.8 Å². The number of nitrogens with one attached hydrogen (secondary N) is 2. The van der Waals surface area contributed by atoms with Crippen LogP contribution in [0.1, 0.15) is 36.0 Å². The van der Waals surface area contributed by atoms with Gasteiger partial charge in [0.1, 0.15) is 5.82 Å². The van der Waals surface area contributed by atoms with Gasteiger partial charge in [-0.3, -0.25) is 9.78 Å². The van der Waals surface area contributed by atoms with Gasteiger partial charge in [-0.05, 0) is 43.5 Å². The third-order valence-electron chi connectivity index (χ3n) is 5.34. The number of aromatic nitrogens is 2. The summed E-state index contributed by atoms with van der Waals surface area (Å²) in [6.45, 7) is 0. The smallest absolute Gasteiger partial charge is 0.252 e. The molecule has 9 heteroatoms. The molecule has 1 fully saturated rings. The highest BCUT2D eigenvalue weighted by Gasteiger charge is 2.20. The summed E-state index contributed by atoms with van der Waals surface area (Å²) in [7, 11) is 1.79. The molecule has 1 atom stereocenters. The van der Waals surface area contributed by atoms with Crippen molar-refractivity contribution in [2.45, 2.75) is 31.7 Å². The molecule has 2 heterocycles. The first-order chi connectivity index (χ1) is 15.0. The average Bonchev–Trinajstić information content (AvgIpc) is 2.76. The van der Waals surface area contributed by atoms with Gasteiger partial charge >= 0.3 is 0 Å². The van der Waals surface area contributed by atoms with E-state index in [0.29, 0.717) is 17.8 Å². The van der Waals surface area contributed by atoms with Crippen molar-refractivity contribution in [3.8, 4) is 0 Å². The lowest BCUT2D eigenvalue weighted by atomic mass is 9.94. The van der Waals surface area contributed by atoms with E-state index < -0.39 is 11.7 Å². The van der Waals surface area contributed by atoms with E-state index in [1.54, 1.807) is 13.2 Å². The Morgan fingerprint density at radius 2 is 2.13 bits per heavy atom. The summed E-state index contributed by atoms with van der Waals surface area (Å²) in [5.41, 5.74) is 14.5. The summed E-state index contributed by atoms with van der Waals surface area (Å²) in [5.74, 6) is -1.50. The zero-order valence-corrected chi connectivity index (χ0v) is 17.2. The van der Waals surface area contributed by atoms with Gasteiger partial charge in [0.2, 0.25) is 0 Å². The second-order valence-electron chi connectivity index (χ2n) is 7.48. The number of fused-ring (bicyclic) bond motifs is 1. The molecule has 4 rings (SSSR count). The molecule has 31 heavy (non-hydrogen) atoms. The van der Waals surface area contributed by atoms with Gasteiger partial charge in [0, 0.05) is 36.1 Å².